The maximum absolute atomic E-state index is 12.7. The fourth-order valence-electron chi connectivity index (χ4n) is 3.22. The Morgan fingerprint density at radius 2 is 2.07 bits per heavy atom. The standard InChI is InChI=1S/C19H19ClN4O3/c20-13-3-4-14-16(12-13)22-17-15(2-1-6-24(17)19(14)26)18(25)21-5-7-23-8-10-27-11-9-23/h1-4,6,12H,5,7-11H2,(H,21,25). The van der Waals surface area contributed by atoms with Crippen LogP contribution in [0.5, 0.6) is 0 Å². The molecule has 0 atom stereocenters. The predicted octanol–water partition coefficient (Wildman–Crippen LogP) is 1.56. The van der Waals surface area contributed by atoms with E-state index in [0.29, 0.717) is 33.7 Å². The number of fused-ring (bicyclic) bond motifs is 2. The van der Waals surface area contributed by atoms with E-state index in [2.05, 4.69) is 15.2 Å². The van der Waals surface area contributed by atoms with Crippen LogP contribution in [0.4, 0.5) is 0 Å². The molecule has 3 heterocycles. The SMILES string of the molecule is O=C(NCCN1CCOCC1)c1cccn2c(=O)c3ccc(Cl)cc3nc12. The smallest absolute Gasteiger partial charge is 0.265 e. The summed E-state index contributed by atoms with van der Waals surface area (Å²) in [6.07, 6.45) is 1.61. The molecule has 8 heteroatoms. The van der Waals surface area contributed by atoms with Gasteiger partial charge in [0.25, 0.3) is 11.5 Å². The number of carbonyl (C=O) groups is 1. The first kappa shape index (κ1) is 17.9. The van der Waals surface area contributed by atoms with E-state index >= 15 is 0 Å². The van der Waals surface area contributed by atoms with Gasteiger partial charge in [0.2, 0.25) is 0 Å². The number of pyridine rings is 1. The minimum absolute atomic E-state index is 0.227. The fraction of sp³-hybridized carbons (Fsp3) is 0.316. The molecule has 0 bridgehead atoms. The van der Waals surface area contributed by atoms with Crippen LogP contribution in [-0.2, 0) is 4.74 Å². The van der Waals surface area contributed by atoms with Gasteiger partial charge in [-0.25, -0.2) is 4.98 Å². The Balaban J connectivity index is 1.61. The Bertz CT molecular complexity index is 1060. The molecular weight excluding hydrogens is 368 g/mol. The van der Waals surface area contributed by atoms with E-state index in [9.17, 15) is 9.59 Å². The molecule has 1 aromatic carbocycles. The van der Waals surface area contributed by atoms with Crippen molar-refractivity contribution in [1.29, 1.82) is 0 Å². The molecule has 140 valence electrons. The molecule has 27 heavy (non-hydrogen) atoms. The van der Waals surface area contributed by atoms with Crippen LogP contribution >= 0.6 is 11.6 Å². The maximum atomic E-state index is 12.7. The van der Waals surface area contributed by atoms with Crippen molar-refractivity contribution in [2.45, 2.75) is 0 Å². The second-order valence-electron chi connectivity index (χ2n) is 6.40. The Hall–Kier alpha value is -2.48. The van der Waals surface area contributed by atoms with Crippen LogP contribution < -0.4 is 10.9 Å². The molecule has 1 fully saturated rings. The minimum Gasteiger partial charge on any atom is -0.379 e. The van der Waals surface area contributed by atoms with Crippen LogP contribution in [0, 0.1) is 0 Å². The van der Waals surface area contributed by atoms with E-state index in [4.69, 9.17) is 16.3 Å². The van der Waals surface area contributed by atoms with Crippen LogP contribution in [0.25, 0.3) is 16.6 Å². The molecule has 0 radical (unpaired) electrons. The van der Waals surface area contributed by atoms with E-state index in [1.807, 2.05) is 0 Å². The first-order valence-corrected chi connectivity index (χ1v) is 9.20. The molecule has 0 saturated carbocycles. The van der Waals surface area contributed by atoms with Gasteiger partial charge in [-0.3, -0.25) is 18.9 Å². The van der Waals surface area contributed by atoms with Gasteiger partial charge in [0.05, 0.1) is 29.7 Å². The molecule has 0 unspecified atom stereocenters. The van der Waals surface area contributed by atoms with Crippen molar-refractivity contribution in [3.05, 3.63) is 57.5 Å². The van der Waals surface area contributed by atoms with Gasteiger partial charge in [-0.2, -0.15) is 0 Å². The Kier molecular flexibility index (Phi) is 5.07. The van der Waals surface area contributed by atoms with Gasteiger partial charge < -0.3 is 10.1 Å². The number of hydrogen-bond donors (Lipinski definition) is 1. The quantitative estimate of drug-likeness (QED) is 0.689. The minimum atomic E-state index is -0.255. The van der Waals surface area contributed by atoms with Gasteiger partial charge >= 0.3 is 0 Å². The topological polar surface area (TPSA) is 75.9 Å². The predicted molar refractivity (Wildman–Crippen MR) is 104 cm³/mol. The summed E-state index contributed by atoms with van der Waals surface area (Å²) in [5, 5.41) is 3.87. The number of amides is 1. The molecule has 1 saturated heterocycles. The fourth-order valence-corrected chi connectivity index (χ4v) is 3.39. The third-order valence-electron chi connectivity index (χ3n) is 4.66. The summed E-state index contributed by atoms with van der Waals surface area (Å²) in [6.45, 7) is 4.45. The van der Waals surface area contributed by atoms with Crippen molar-refractivity contribution in [1.82, 2.24) is 19.6 Å². The Morgan fingerprint density at radius 3 is 2.89 bits per heavy atom. The van der Waals surface area contributed by atoms with E-state index in [0.717, 1.165) is 32.8 Å². The second-order valence-corrected chi connectivity index (χ2v) is 6.84. The summed E-state index contributed by atoms with van der Waals surface area (Å²) in [7, 11) is 0. The van der Waals surface area contributed by atoms with E-state index < -0.39 is 0 Å². The number of carbonyl (C=O) groups excluding carboxylic acids is 1. The average molecular weight is 387 g/mol. The van der Waals surface area contributed by atoms with Gasteiger partial charge in [-0.05, 0) is 30.3 Å². The van der Waals surface area contributed by atoms with Gasteiger partial charge in [0.15, 0.2) is 5.65 Å². The lowest BCUT2D eigenvalue weighted by Gasteiger charge is -2.26. The first-order chi connectivity index (χ1) is 13.1. The molecule has 4 rings (SSSR count). The highest BCUT2D eigenvalue weighted by Gasteiger charge is 2.15. The summed E-state index contributed by atoms with van der Waals surface area (Å²) in [4.78, 5) is 32.2. The van der Waals surface area contributed by atoms with Crippen molar-refractivity contribution < 1.29 is 9.53 Å². The summed E-state index contributed by atoms with van der Waals surface area (Å²) < 4.78 is 6.72. The van der Waals surface area contributed by atoms with Crippen molar-refractivity contribution in [3.63, 3.8) is 0 Å². The molecular formula is C19H19ClN4O3. The molecule has 0 spiro atoms. The molecule has 1 amide bonds. The molecule has 1 aliphatic rings. The van der Waals surface area contributed by atoms with Crippen molar-refractivity contribution in [3.8, 4) is 0 Å². The maximum Gasteiger partial charge on any atom is 0.265 e. The van der Waals surface area contributed by atoms with Gasteiger partial charge in [-0.15, -0.1) is 0 Å². The number of ether oxygens (including phenoxy) is 1. The van der Waals surface area contributed by atoms with Crippen LogP contribution in [0.15, 0.2) is 41.3 Å². The third kappa shape index (κ3) is 3.66. The van der Waals surface area contributed by atoms with Crippen molar-refractivity contribution in [2.24, 2.45) is 0 Å². The Labute approximate surface area is 160 Å². The molecule has 0 aliphatic carbocycles. The highest BCUT2D eigenvalue weighted by Crippen LogP contribution is 2.17. The molecule has 1 aliphatic heterocycles. The first-order valence-electron chi connectivity index (χ1n) is 8.82. The van der Waals surface area contributed by atoms with E-state index in [1.165, 1.54) is 4.40 Å². The highest BCUT2D eigenvalue weighted by molar-refractivity contribution is 6.31. The van der Waals surface area contributed by atoms with E-state index in [-0.39, 0.29) is 11.5 Å². The lowest BCUT2D eigenvalue weighted by Crippen LogP contribution is -2.41. The number of nitrogens with zero attached hydrogens (tertiary/aromatic N) is 3. The van der Waals surface area contributed by atoms with E-state index in [1.54, 1.807) is 36.5 Å². The van der Waals surface area contributed by atoms with Gasteiger partial charge in [-0.1, -0.05) is 11.6 Å². The lowest BCUT2D eigenvalue weighted by molar-refractivity contribution is 0.0383. The lowest BCUT2D eigenvalue weighted by atomic mass is 10.2. The number of hydrogen-bond acceptors (Lipinski definition) is 5. The number of morpholine rings is 1. The molecule has 2 aromatic heterocycles. The number of nitrogens with one attached hydrogen (secondary N) is 1. The Morgan fingerprint density at radius 1 is 1.26 bits per heavy atom. The number of rotatable bonds is 4. The normalized spacial score (nSPS) is 15.3. The van der Waals surface area contributed by atoms with Crippen LogP contribution in [0.1, 0.15) is 10.4 Å². The van der Waals surface area contributed by atoms with Crippen molar-refractivity contribution >= 4 is 34.1 Å². The zero-order chi connectivity index (χ0) is 18.8. The monoisotopic (exact) mass is 386 g/mol. The van der Waals surface area contributed by atoms with Gasteiger partial charge in [0.1, 0.15) is 0 Å². The highest BCUT2D eigenvalue weighted by atomic mass is 35.5. The summed E-state index contributed by atoms with van der Waals surface area (Å²) in [5.74, 6) is -0.255. The molecule has 3 aromatic rings. The zero-order valence-electron chi connectivity index (χ0n) is 14.7. The third-order valence-corrected chi connectivity index (χ3v) is 4.90. The van der Waals surface area contributed by atoms with Crippen molar-refractivity contribution in [2.75, 3.05) is 39.4 Å². The van der Waals surface area contributed by atoms with Crippen LogP contribution in [-0.4, -0.2) is 59.6 Å². The van der Waals surface area contributed by atoms with Gasteiger partial charge in [0, 0.05) is 37.4 Å². The summed E-state index contributed by atoms with van der Waals surface area (Å²) in [6, 6.07) is 8.28. The largest absolute Gasteiger partial charge is 0.379 e. The summed E-state index contributed by atoms with van der Waals surface area (Å²) >= 11 is 6.03. The number of halogens is 1. The molecule has 7 nitrogen and oxygen atoms in total. The molecule has 1 N–H and O–H groups in total. The number of benzene rings is 1. The van der Waals surface area contributed by atoms with Crippen LogP contribution in [0.3, 0.4) is 0 Å². The number of aromatic nitrogens is 2. The second kappa shape index (κ2) is 7.64. The average Bonchev–Trinajstić information content (AvgIpc) is 2.68. The van der Waals surface area contributed by atoms with Crippen LogP contribution in [0.2, 0.25) is 5.02 Å². The zero-order valence-corrected chi connectivity index (χ0v) is 15.4. The summed E-state index contributed by atoms with van der Waals surface area (Å²) in [5.41, 5.74) is 0.926.